The highest BCUT2D eigenvalue weighted by Crippen LogP contribution is 2.42. The summed E-state index contributed by atoms with van der Waals surface area (Å²) in [7, 11) is 0. The topological polar surface area (TPSA) is 66.8 Å². The lowest BCUT2D eigenvalue weighted by atomic mass is 10.0. The Labute approximate surface area is 103 Å². The summed E-state index contributed by atoms with van der Waals surface area (Å²) in [5, 5.41) is 9.20. The van der Waals surface area contributed by atoms with Gasteiger partial charge >= 0.3 is 5.97 Å². The molecule has 0 radical (unpaired) electrons. The third-order valence-electron chi connectivity index (χ3n) is 3.42. The van der Waals surface area contributed by atoms with E-state index in [-0.39, 0.29) is 22.3 Å². The number of aliphatic carboxylic acids is 1. The summed E-state index contributed by atoms with van der Waals surface area (Å²) in [6.45, 7) is 1.34. The first-order valence-corrected chi connectivity index (χ1v) is 6.63. The highest BCUT2D eigenvalue weighted by molar-refractivity contribution is 8.14. The second-order valence-corrected chi connectivity index (χ2v) is 5.56. The molecule has 3 heterocycles. The summed E-state index contributed by atoms with van der Waals surface area (Å²) >= 11 is 1.24. The molecule has 0 aromatic heterocycles. The maximum absolute atomic E-state index is 12.0. The standard InChI is InChI=1S/C11H13NO4S/c13-10(14)9-8(6-2-1-5-16-6)11(15)17-7-3-4-12(7)9/h6-7H,1-5H2,(H,13,14)/t6-,7?/m0/s1. The van der Waals surface area contributed by atoms with Crippen LogP contribution in [0.2, 0.25) is 0 Å². The molecule has 0 aliphatic carbocycles. The van der Waals surface area contributed by atoms with Gasteiger partial charge in [-0.15, -0.1) is 0 Å². The van der Waals surface area contributed by atoms with Crippen LogP contribution >= 0.6 is 11.8 Å². The summed E-state index contributed by atoms with van der Waals surface area (Å²) in [4.78, 5) is 25.2. The van der Waals surface area contributed by atoms with Gasteiger partial charge in [0.15, 0.2) is 0 Å². The second-order valence-electron chi connectivity index (χ2n) is 4.41. The van der Waals surface area contributed by atoms with Gasteiger partial charge in [0.25, 0.3) is 0 Å². The molecule has 0 spiro atoms. The molecule has 0 saturated carbocycles. The van der Waals surface area contributed by atoms with E-state index < -0.39 is 5.97 Å². The van der Waals surface area contributed by atoms with Gasteiger partial charge in [-0.05, 0) is 19.3 Å². The second kappa shape index (κ2) is 4.03. The molecule has 1 unspecified atom stereocenters. The summed E-state index contributed by atoms with van der Waals surface area (Å²) in [6, 6.07) is 0. The number of thioether (sulfide) groups is 1. The number of hydrogen-bond acceptors (Lipinski definition) is 5. The third kappa shape index (κ3) is 1.66. The molecule has 2 atom stereocenters. The van der Waals surface area contributed by atoms with Gasteiger partial charge in [-0.3, -0.25) is 4.79 Å². The Morgan fingerprint density at radius 3 is 2.82 bits per heavy atom. The SMILES string of the molecule is O=C(O)C1=C([C@@H]2CCCO2)C(=O)SC2CCN12. The van der Waals surface area contributed by atoms with E-state index in [4.69, 9.17) is 4.74 Å². The van der Waals surface area contributed by atoms with Crippen molar-refractivity contribution in [3.63, 3.8) is 0 Å². The van der Waals surface area contributed by atoms with Crippen molar-refractivity contribution >= 4 is 22.8 Å². The fourth-order valence-corrected chi connectivity index (χ4v) is 3.67. The first-order chi connectivity index (χ1) is 8.18. The van der Waals surface area contributed by atoms with E-state index >= 15 is 0 Å². The van der Waals surface area contributed by atoms with E-state index in [1.165, 1.54) is 11.8 Å². The molecule has 6 heteroatoms. The average molecular weight is 255 g/mol. The Morgan fingerprint density at radius 1 is 1.47 bits per heavy atom. The van der Waals surface area contributed by atoms with Gasteiger partial charge in [-0.25, -0.2) is 4.79 Å². The Hall–Kier alpha value is -1.01. The van der Waals surface area contributed by atoms with E-state index in [9.17, 15) is 14.7 Å². The Kier molecular flexibility index (Phi) is 2.63. The van der Waals surface area contributed by atoms with Gasteiger partial charge in [0.1, 0.15) is 5.70 Å². The normalized spacial score (nSPS) is 32.5. The molecular weight excluding hydrogens is 242 g/mol. The van der Waals surface area contributed by atoms with E-state index in [2.05, 4.69) is 0 Å². The van der Waals surface area contributed by atoms with Crippen LogP contribution in [0.25, 0.3) is 0 Å². The summed E-state index contributed by atoms with van der Waals surface area (Å²) in [6.07, 6.45) is 2.20. The molecule has 0 amide bonds. The Bertz CT molecular complexity index is 414. The van der Waals surface area contributed by atoms with Crippen molar-refractivity contribution < 1.29 is 19.4 Å². The predicted octanol–water partition coefficient (Wildman–Crippen LogP) is 0.809. The molecule has 0 aromatic rings. The van der Waals surface area contributed by atoms with Crippen LogP contribution in [0.15, 0.2) is 11.3 Å². The minimum absolute atomic E-state index is 0.0266. The average Bonchev–Trinajstić information content (AvgIpc) is 2.75. The van der Waals surface area contributed by atoms with Crippen LogP contribution in [-0.4, -0.2) is 45.7 Å². The Morgan fingerprint density at radius 2 is 2.29 bits per heavy atom. The lowest BCUT2D eigenvalue weighted by Crippen LogP contribution is -2.51. The van der Waals surface area contributed by atoms with Gasteiger partial charge in [0.2, 0.25) is 5.12 Å². The van der Waals surface area contributed by atoms with Crippen LogP contribution in [0, 0.1) is 0 Å². The van der Waals surface area contributed by atoms with Gasteiger partial charge < -0.3 is 14.7 Å². The number of carboxylic acid groups (broad SMARTS) is 1. The molecule has 2 fully saturated rings. The fourth-order valence-electron chi connectivity index (χ4n) is 2.51. The zero-order valence-electron chi connectivity index (χ0n) is 9.22. The molecule has 17 heavy (non-hydrogen) atoms. The molecule has 2 saturated heterocycles. The highest BCUT2D eigenvalue weighted by Gasteiger charge is 2.45. The highest BCUT2D eigenvalue weighted by atomic mass is 32.2. The van der Waals surface area contributed by atoms with Crippen molar-refractivity contribution in [2.24, 2.45) is 0 Å². The monoisotopic (exact) mass is 255 g/mol. The lowest BCUT2D eigenvalue weighted by molar-refractivity contribution is -0.136. The van der Waals surface area contributed by atoms with Gasteiger partial charge in [0.05, 0.1) is 17.1 Å². The summed E-state index contributed by atoms with van der Waals surface area (Å²) in [5.41, 5.74) is 0.549. The number of carbonyl (C=O) groups is 2. The van der Waals surface area contributed by atoms with Gasteiger partial charge in [-0.2, -0.15) is 0 Å². The summed E-state index contributed by atoms with van der Waals surface area (Å²) in [5.74, 6) is -1.01. The van der Waals surface area contributed by atoms with E-state index in [1.807, 2.05) is 4.90 Å². The maximum atomic E-state index is 12.0. The molecule has 3 aliphatic heterocycles. The first kappa shape index (κ1) is 11.1. The Balaban J connectivity index is 2.02. The van der Waals surface area contributed by atoms with E-state index in [0.717, 1.165) is 25.8 Å². The van der Waals surface area contributed by atoms with Crippen molar-refractivity contribution in [3.8, 4) is 0 Å². The number of rotatable bonds is 2. The molecule has 3 rings (SSSR count). The van der Waals surface area contributed by atoms with Crippen LogP contribution in [0.1, 0.15) is 19.3 Å². The molecule has 1 N–H and O–H groups in total. The predicted molar refractivity (Wildman–Crippen MR) is 61.3 cm³/mol. The van der Waals surface area contributed by atoms with Crippen molar-refractivity contribution in [3.05, 3.63) is 11.3 Å². The van der Waals surface area contributed by atoms with E-state index in [0.29, 0.717) is 12.2 Å². The minimum atomic E-state index is -1.01. The van der Waals surface area contributed by atoms with Crippen LogP contribution in [0.5, 0.6) is 0 Å². The molecule has 3 aliphatic rings. The quantitative estimate of drug-likeness (QED) is 0.787. The molecule has 92 valence electrons. The maximum Gasteiger partial charge on any atom is 0.352 e. The number of fused-ring (bicyclic) bond motifs is 1. The minimum Gasteiger partial charge on any atom is -0.477 e. The molecular formula is C11H13NO4S. The molecule has 5 nitrogen and oxygen atoms in total. The van der Waals surface area contributed by atoms with Crippen molar-refractivity contribution in [2.45, 2.75) is 30.7 Å². The van der Waals surface area contributed by atoms with Crippen LogP contribution < -0.4 is 0 Å². The van der Waals surface area contributed by atoms with Crippen LogP contribution in [0.4, 0.5) is 0 Å². The van der Waals surface area contributed by atoms with Crippen LogP contribution in [-0.2, 0) is 14.3 Å². The van der Waals surface area contributed by atoms with Crippen molar-refractivity contribution in [1.29, 1.82) is 0 Å². The fraction of sp³-hybridized carbons (Fsp3) is 0.636. The lowest BCUT2D eigenvalue weighted by Gasteiger charge is -2.45. The zero-order valence-corrected chi connectivity index (χ0v) is 10.0. The van der Waals surface area contributed by atoms with Gasteiger partial charge in [0, 0.05) is 13.2 Å². The third-order valence-corrected chi connectivity index (χ3v) is 4.62. The summed E-state index contributed by atoms with van der Waals surface area (Å²) < 4.78 is 5.47. The number of ether oxygens (including phenoxy) is 1. The van der Waals surface area contributed by atoms with Crippen molar-refractivity contribution in [2.75, 3.05) is 13.2 Å². The van der Waals surface area contributed by atoms with E-state index in [1.54, 1.807) is 0 Å². The molecule has 0 bridgehead atoms. The largest absolute Gasteiger partial charge is 0.477 e. The first-order valence-electron chi connectivity index (χ1n) is 5.75. The van der Waals surface area contributed by atoms with Gasteiger partial charge in [-0.1, -0.05) is 11.8 Å². The zero-order chi connectivity index (χ0) is 12.0. The number of carboxylic acids is 1. The van der Waals surface area contributed by atoms with Crippen molar-refractivity contribution in [1.82, 2.24) is 4.90 Å². The number of hydrogen-bond donors (Lipinski definition) is 1. The smallest absolute Gasteiger partial charge is 0.352 e. The van der Waals surface area contributed by atoms with Crippen LogP contribution in [0.3, 0.4) is 0 Å². The number of carbonyl (C=O) groups excluding carboxylic acids is 1. The number of nitrogens with zero attached hydrogens (tertiary/aromatic N) is 1. The molecule has 0 aromatic carbocycles.